The molecule has 7 nitrogen and oxygen atoms in total. The maximum Gasteiger partial charge on any atom is 0.338 e. The van der Waals surface area contributed by atoms with Gasteiger partial charge in [-0.3, -0.25) is 10.1 Å². The molecule has 3 rings (SSSR count). The van der Waals surface area contributed by atoms with Crippen molar-refractivity contribution in [1.82, 2.24) is 5.16 Å². The summed E-state index contributed by atoms with van der Waals surface area (Å²) < 4.78 is 36.7. The topological polar surface area (TPSA) is 95.5 Å². The first-order chi connectivity index (χ1) is 12.8. The van der Waals surface area contributed by atoms with Crippen molar-refractivity contribution in [2.45, 2.75) is 13.5 Å². The third kappa shape index (κ3) is 3.97. The van der Waals surface area contributed by atoms with Gasteiger partial charge in [0.05, 0.1) is 16.1 Å². The highest BCUT2D eigenvalue weighted by Crippen LogP contribution is 2.25. The maximum absolute atomic E-state index is 13.7. The van der Waals surface area contributed by atoms with Crippen LogP contribution in [0.2, 0.25) is 0 Å². The lowest BCUT2D eigenvalue weighted by atomic mass is 10.1. The van der Waals surface area contributed by atoms with Gasteiger partial charge in [0.25, 0.3) is 5.69 Å². The quantitative estimate of drug-likeness (QED) is 0.377. The Balaban J connectivity index is 1.71. The van der Waals surface area contributed by atoms with Crippen LogP contribution in [0, 0.1) is 28.7 Å². The lowest BCUT2D eigenvalue weighted by molar-refractivity contribution is -0.385. The fraction of sp³-hybridized carbons (Fsp3) is 0.111. The van der Waals surface area contributed by atoms with Crippen molar-refractivity contribution < 1.29 is 27.8 Å². The van der Waals surface area contributed by atoms with Gasteiger partial charge in [0.15, 0.2) is 5.76 Å². The van der Waals surface area contributed by atoms with Crippen molar-refractivity contribution in [1.29, 1.82) is 0 Å². The number of hydrogen-bond acceptors (Lipinski definition) is 6. The molecule has 1 heterocycles. The van der Waals surface area contributed by atoms with E-state index < -0.39 is 22.5 Å². The van der Waals surface area contributed by atoms with Crippen molar-refractivity contribution in [2.24, 2.45) is 0 Å². The summed E-state index contributed by atoms with van der Waals surface area (Å²) in [6, 6.07) is 8.31. The van der Waals surface area contributed by atoms with E-state index in [4.69, 9.17) is 9.26 Å². The van der Waals surface area contributed by atoms with Crippen molar-refractivity contribution in [3.63, 3.8) is 0 Å². The Hall–Kier alpha value is -3.62. The summed E-state index contributed by atoms with van der Waals surface area (Å²) in [5, 5.41) is 14.6. The standard InChI is InChI=1S/C18H12F2N2O5/c1-10-2-3-11(6-16(10)22(24)25)18(23)26-9-13-8-17(27-21-13)14-5-4-12(19)7-15(14)20/h2-8H,9H2,1H3. The summed E-state index contributed by atoms with van der Waals surface area (Å²) in [7, 11) is 0. The van der Waals surface area contributed by atoms with Gasteiger partial charge in [-0.2, -0.15) is 0 Å². The van der Waals surface area contributed by atoms with Crippen LogP contribution < -0.4 is 0 Å². The highest BCUT2D eigenvalue weighted by molar-refractivity contribution is 5.90. The van der Waals surface area contributed by atoms with E-state index in [9.17, 15) is 23.7 Å². The van der Waals surface area contributed by atoms with E-state index in [0.717, 1.165) is 12.1 Å². The summed E-state index contributed by atoms with van der Waals surface area (Å²) in [6.45, 7) is 1.27. The molecule has 3 aromatic rings. The monoisotopic (exact) mass is 374 g/mol. The first-order valence-electron chi connectivity index (χ1n) is 7.68. The number of esters is 1. The second kappa shape index (κ2) is 7.32. The fourth-order valence-electron chi connectivity index (χ4n) is 2.35. The van der Waals surface area contributed by atoms with Crippen LogP contribution in [0.1, 0.15) is 21.6 Å². The molecule has 1 aromatic heterocycles. The smallest absolute Gasteiger partial charge is 0.338 e. The van der Waals surface area contributed by atoms with Gasteiger partial charge in [-0.05, 0) is 25.1 Å². The molecule has 2 aromatic carbocycles. The number of nitro groups is 1. The number of ether oxygens (including phenoxy) is 1. The molecule has 0 spiro atoms. The van der Waals surface area contributed by atoms with Crippen LogP contribution in [0.4, 0.5) is 14.5 Å². The molecular formula is C18H12F2N2O5. The zero-order valence-electron chi connectivity index (χ0n) is 13.9. The highest BCUT2D eigenvalue weighted by atomic mass is 19.1. The molecule has 0 atom stereocenters. The lowest BCUT2D eigenvalue weighted by Gasteiger charge is -2.03. The second-order valence-electron chi connectivity index (χ2n) is 5.64. The molecule has 0 radical (unpaired) electrons. The van der Waals surface area contributed by atoms with Gasteiger partial charge in [0.1, 0.15) is 23.9 Å². The Morgan fingerprint density at radius 1 is 1.22 bits per heavy atom. The number of nitrogens with zero attached hydrogens (tertiary/aromatic N) is 2. The van der Waals surface area contributed by atoms with Crippen LogP contribution in [-0.2, 0) is 11.3 Å². The van der Waals surface area contributed by atoms with Crippen molar-refractivity contribution in [3.8, 4) is 11.3 Å². The molecule has 0 unspecified atom stereocenters. The average Bonchev–Trinajstić information content (AvgIpc) is 3.08. The number of rotatable bonds is 5. The van der Waals surface area contributed by atoms with Crippen LogP contribution in [0.15, 0.2) is 47.0 Å². The van der Waals surface area contributed by atoms with Crippen LogP contribution in [0.5, 0.6) is 0 Å². The van der Waals surface area contributed by atoms with E-state index in [1.54, 1.807) is 6.92 Å². The van der Waals surface area contributed by atoms with Gasteiger partial charge >= 0.3 is 5.97 Å². The number of hydrogen-bond donors (Lipinski definition) is 0. The number of nitro benzene ring substituents is 1. The summed E-state index contributed by atoms with van der Waals surface area (Å²) >= 11 is 0. The van der Waals surface area contributed by atoms with Crippen molar-refractivity contribution in [3.05, 3.63) is 81.0 Å². The Morgan fingerprint density at radius 2 is 2.00 bits per heavy atom. The molecule has 0 N–H and O–H groups in total. The first-order valence-corrected chi connectivity index (χ1v) is 7.68. The Morgan fingerprint density at radius 3 is 2.70 bits per heavy atom. The third-order valence-electron chi connectivity index (χ3n) is 3.75. The molecule has 0 aliphatic carbocycles. The van der Waals surface area contributed by atoms with E-state index in [1.807, 2.05) is 0 Å². The van der Waals surface area contributed by atoms with Crippen LogP contribution in [-0.4, -0.2) is 16.0 Å². The summed E-state index contributed by atoms with van der Waals surface area (Å²) in [6.07, 6.45) is 0. The molecule has 0 aliphatic heterocycles. The minimum absolute atomic E-state index is 0.00985. The molecule has 0 fully saturated rings. The number of aromatic nitrogens is 1. The van der Waals surface area contributed by atoms with Crippen molar-refractivity contribution >= 4 is 11.7 Å². The second-order valence-corrected chi connectivity index (χ2v) is 5.64. The van der Waals surface area contributed by atoms with Crippen LogP contribution in [0.3, 0.4) is 0 Å². The van der Waals surface area contributed by atoms with E-state index in [-0.39, 0.29) is 34.9 Å². The van der Waals surface area contributed by atoms with E-state index in [1.165, 1.54) is 24.3 Å². The fourth-order valence-corrected chi connectivity index (χ4v) is 2.35. The van der Waals surface area contributed by atoms with Gasteiger partial charge in [-0.15, -0.1) is 0 Å². The molecule has 0 saturated carbocycles. The van der Waals surface area contributed by atoms with Gasteiger partial charge < -0.3 is 9.26 Å². The maximum atomic E-state index is 13.7. The van der Waals surface area contributed by atoms with Gasteiger partial charge in [0, 0.05) is 23.8 Å². The summed E-state index contributed by atoms with van der Waals surface area (Å²) in [5.41, 5.74) is 0.443. The number of halogens is 2. The largest absolute Gasteiger partial charge is 0.455 e. The van der Waals surface area contributed by atoms with E-state index in [0.29, 0.717) is 11.6 Å². The molecule has 0 bridgehead atoms. The number of benzene rings is 2. The predicted octanol–water partition coefficient (Wildman–Crippen LogP) is 4.19. The Bertz CT molecular complexity index is 1030. The minimum Gasteiger partial charge on any atom is -0.455 e. The first kappa shape index (κ1) is 18.2. The van der Waals surface area contributed by atoms with Crippen LogP contribution >= 0.6 is 0 Å². The molecule has 9 heteroatoms. The average molecular weight is 374 g/mol. The molecule has 0 saturated heterocycles. The van der Waals surface area contributed by atoms with Crippen LogP contribution in [0.25, 0.3) is 11.3 Å². The van der Waals surface area contributed by atoms with Gasteiger partial charge in [-0.1, -0.05) is 11.2 Å². The molecule has 0 aliphatic rings. The highest BCUT2D eigenvalue weighted by Gasteiger charge is 2.17. The Labute approximate surface area is 151 Å². The molecule has 27 heavy (non-hydrogen) atoms. The number of carbonyl (C=O) groups excluding carboxylic acids is 1. The summed E-state index contributed by atoms with van der Waals surface area (Å²) in [5.74, 6) is -2.28. The summed E-state index contributed by atoms with van der Waals surface area (Å²) in [4.78, 5) is 22.4. The van der Waals surface area contributed by atoms with Crippen molar-refractivity contribution in [2.75, 3.05) is 0 Å². The molecular weight excluding hydrogens is 362 g/mol. The lowest BCUT2D eigenvalue weighted by Crippen LogP contribution is -2.06. The normalized spacial score (nSPS) is 10.6. The Kier molecular flexibility index (Phi) is 4.93. The van der Waals surface area contributed by atoms with E-state index >= 15 is 0 Å². The molecule has 138 valence electrons. The predicted molar refractivity (Wildman–Crippen MR) is 88.8 cm³/mol. The molecule has 0 amide bonds. The van der Waals surface area contributed by atoms with E-state index in [2.05, 4.69) is 5.16 Å². The SMILES string of the molecule is Cc1ccc(C(=O)OCc2cc(-c3ccc(F)cc3F)on2)cc1[N+](=O)[O-]. The zero-order valence-corrected chi connectivity index (χ0v) is 13.9. The minimum atomic E-state index is -0.818. The number of aryl methyl sites for hydroxylation is 1. The number of carbonyl (C=O) groups is 1. The van der Waals surface area contributed by atoms with Gasteiger partial charge in [-0.25, -0.2) is 13.6 Å². The third-order valence-corrected chi connectivity index (χ3v) is 3.75. The van der Waals surface area contributed by atoms with Gasteiger partial charge in [0.2, 0.25) is 0 Å². The zero-order chi connectivity index (χ0) is 19.6.